The van der Waals surface area contributed by atoms with Crippen LogP contribution < -0.4 is 22.1 Å². The molecule has 0 aromatic heterocycles. The van der Waals surface area contributed by atoms with Crippen LogP contribution in [0, 0.1) is 5.92 Å². The normalized spacial score (nSPS) is 17.0. The number of nitrogens with two attached hydrogens (primary N) is 2. The van der Waals surface area contributed by atoms with E-state index in [9.17, 15) is 9.59 Å². The number of amides is 2. The van der Waals surface area contributed by atoms with Gasteiger partial charge in [0, 0.05) is 16.9 Å². The first-order chi connectivity index (χ1) is 20.0. The quantitative estimate of drug-likeness (QED) is 0.151. The van der Waals surface area contributed by atoms with Gasteiger partial charge in [0.25, 0.3) is 5.91 Å². The first-order valence-electron chi connectivity index (χ1n) is 15.2. The smallest absolute Gasteiger partial charge is 0.412 e. The first-order valence-corrected chi connectivity index (χ1v) is 15.2. The van der Waals surface area contributed by atoms with Crippen molar-refractivity contribution >= 4 is 34.7 Å². The topological polar surface area (TPSA) is 119 Å². The average Bonchev–Trinajstić information content (AvgIpc) is 2.93. The van der Waals surface area contributed by atoms with Gasteiger partial charge < -0.3 is 21.5 Å². The largest absolute Gasteiger partial charge is 0.444 e. The second-order valence-corrected chi connectivity index (χ2v) is 12.6. The lowest BCUT2D eigenvalue weighted by atomic mass is 9.77. The number of nitrogen functional groups attached to an aromatic ring is 2. The molecule has 42 heavy (non-hydrogen) atoms. The number of nitrogens with one attached hydrogen (secondary N) is 2. The maximum absolute atomic E-state index is 13.3. The second-order valence-electron chi connectivity index (χ2n) is 12.6. The number of anilines is 4. The second kappa shape index (κ2) is 13.8. The van der Waals surface area contributed by atoms with E-state index in [-0.39, 0.29) is 5.91 Å². The molecule has 3 aromatic carbocycles. The van der Waals surface area contributed by atoms with E-state index in [0.717, 1.165) is 17.0 Å². The fourth-order valence-electron chi connectivity index (χ4n) is 5.76. The Balaban J connectivity index is 1.48. The minimum Gasteiger partial charge on any atom is -0.444 e. The summed E-state index contributed by atoms with van der Waals surface area (Å²) >= 11 is 0. The van der Waals surface area contributed by atoms with Crippen LogP contribution in [-0.2, 0) is 4.74 Å². The van der Waals surface area contributed by atoms with Gasteiger partial charge in [-0.1, -0.05) is 50.8 Å². The summed E-state index contributed by atoms with van der Waals surface area (Å²) in [4.78, 5) is 26.0. The summed E-state index contributed by atoms with van der Waals surface area (Å²) in [5.41, 5.74) is 16.7. The monoisotopic (exact) mass is 570 g/mol. The summed E-state index contributed by atoms with van der Waals surface area (Å²) in [7, 11) is 0. The van der Waals surface area contributed by atoms with Crippen molar-refractivity contribution in [1.29, 1.82) is 0 Å². The highest BCUT2D eigenvalue weighted by Crippen LogP contribution is 2.38. The first kappa shape index (κ1) is 30.9. The predicted molar refractivity (Wildman–Crippen MR) is 174 cm³/mol. The summed E-state index contributed by atoms with van der Waals surface area (Å²) in [5, 5.41) is 5.76. The van der Waals surface area contributed by atoms with Crippen LogP contribution in [0.4, 0.5) is 27.5 Å². The molecule has 0 spiro atoms. The summed E-state index contributed by atoms with van der Waals surface area (Å²) in [6.45, 7) is 7.65. The van der Waals surface area contributed by atoms with E-state index in [2.05, 4.69) is 29.7 Å². The summed E-state index contributed by atoms with van der Waals surface area (Å²) in [6, 6.07) is 18.6. The van der Waals surface area contributed by atoms with Gasteiger partial charge in [-0.3, -0.25) is 10.1 Å². The number of hydrogen-bond acceptors (Lipinski definition) is 5. The molecular weight excluding hydrogens is 524 g/mol. The molecule has 1 saturated carbocycles. The Bertz CT molecular complexity index is 1350. The van der Waals surface area contributed by atoms with Gasteiger partial charge in [0.2, 0.25) is 0 Å². The molecule has 0 heterocycles. The molecule has 0 unspecified atom stereocenters. The van der Waals surface area contributed by atoms with E-state index in [4.69, 9.17) is 16.2 Å². The number of benzene rings is 3. The predicted octanol–water partition coefficient (Wildman–Crippen LogP) is 8.97. The van der Waals surface area contributed by atoms with Gasteiger partial charge in [-0.25, -0.2) is 4.79 Å². The summed E-state index contributed by atoms with van der Waals surface area (Å²) < 4.78 is 5.47. The van der Waals surface area contributed by atoms with Gasteiger partial charge in [-0.15, -0.1) is 0 Å². The zero-order chi connectivity index (χ0) is 30.3. The Labute approximate surface area is 250 Å². The lowest BCUT2D eigenvalue weighted by Crippen LogP contribution is -2.27. The van der Waals surface area contributed by atoms with E-state index in [1.165, 1.54) is 56.9 Å². The molecule has 1 aliphatic carbocycles. The molecular formula is C35H46N4O3. The molecule has 7 nitrogen and oxygen atoms in total. The fourth-order valence-corrected chi connectivity index (χ4v) is 5.76. The van der Waals surface area contributed by atoms with Crippen LogP contribution in [0.2, 0.25) is 0 Å². The summed E-state index contributed by atoms with van der Waals surface area (Å²) in [5.74, 6) is 1.17. The zero-order valence-electron chi connectivity index (χ0n) is 25.5. The molecule has 7 heteroatoms. The Kier molecular flexibility index (Phi) is 10.2. The molecule has 0 bridgehead atoms. The Hall–Kier alpha value is -4.00. The Morgan fingerprint density at radius 2 is 1.48 bits per heavy atom. The van der Waals surface area contributed by atoms with Crippen molar-refractivity contribution in [3.05, 3.63) is 71.8 Å². The highest BCUT2D eigenvalue weighted by Gasteiger charge is 2.23. The van der Waals surface area contributed by atoms with Gasteiger partial charge >= 0.3 is 6.09 Å². The molecule has 0 radical (unpaired) electrons. The van der Waals surface area contributed by atoms with Crippen molar-refractivity contribution in [2.24, 2.45) is 5.92 Å². The van der Waals surface area contributed by atoms with Gasteiger partial charge in [-0.2, -0.15) is 0 Å². The highest BCUT2D eigenvalue weighted by molar-refractivity contribution is 6.07. The van der Waals surface area contributed by atoms with Crippen LogP contribution >= 0.6 is 0 Å². The lowest BCUT2D eigenvalue weighted by Gasteiger charge is -2.29. The van der Waals surface area contributed by atoms with E-state index < -0.39 is 11.7 Å². The fraction of sp³-hybridized carbons (Fsp3) is 0.429. The molecule has 0 atom stereocenters. The van der Waals surface area contributed by atoms with Crippen molar-refractivity contribution < 1.29 is 14.3 Å². The minimum atomic E-state index is -0.677. The third-order valence-corrected chi connectivity index (χ3v) is 7.92. The number of rotatable bonds is 9. The third kappa shape index (κ3) is 8.75. The van der Waals surface area contributed by atoms with E-state index in [0.29, 0.717) is 34.2 Å². The van der Waals surface area contributed by atoms with Gasteiger partial charge in [0.05, 0.1) is 11.4 Å². The minimum absolute atomic E-state index is 0.255. The van der Waals surface area contributed by atoms with Crippen LogP contribution in [0.1, 0.15) is 101 Å². The number of carbonyl (C=O) groups excluding carboxylic acids is 2. The van der Waals surface area contributed by atoms with E-state index in [1.807, 2.05) is 30.3 Å². The van der Waals surface area contributed by atoms with Crippen molar-refractivity contribution in [2.75, 3.05) is 22.1 Å². The van der Waals surface area contributed by atoms with Crippen molar-refractivity contribution in [1.82, 2.24) is 0 Å². The number of hydrogen-bond donors (Lipinski definition) is 4. The van der Waals surface area contributed by atoms with Crippen LogP contribution in [-0.4, -0.2) is 17.6 Å². The molecule has 3 aromatic rings. The Morgan fingerprint density at radius 3 is 2.10 bits per heavy atom. The third-order valence-electron chi connectivity index (χ3n) is 7.92. The molecule has 4 rings (SSSR count). The van der Waals surface area contributed by atoms with Crippen molar-refractivity contribution in [3.8, 4) is 11.1 Å². The van der Waals surface area contributed by atoms with Crippen LogP contribution in [0.3, 0.4) is 0 Å². The van der Waals surface area contributed by atoms with Gasteiger partial charge in [0.1, 0.15) is 5.60 Å². The number of carbonyl (C=O) groups is 2. The van der Waals surface area contributed by atoms with Gasteiger partial charge in [0.15, 0.2) is 0 Å². The Morgan fingerprint density at radius 1 is 0.810 bits per heavy atom. The van der Waals surface area contributed by atoms with E-state index >= 15 is 0 Å². The van der Waals surface area contributed by atoms with E-state index in [1.54, 1.807) is 39.0 Å². The molecule has 0 aliphatic heterocycles. The molecule has 0 saturated heterocycles. The maximum atomic E-state index is 13.3. The summed E-state index contributed by atoms with van der Waals surface area (Å²) in [6.07, 6.45) is 9.73. The average molecular weight is 571 g/mol. The molecule has 1 fully saturated rings. The number of unbranched alkanes of at least 4 members (excludes halogenated alkanes) is 2. The molecule has 6 N–H and O–H groups in total. The highest BCUT2D eigenvalue weighted by atomic mass is 16.6. The van der Waals surface area contributed by atoms with Crippen LogP contribution in [0.15, 0.2) is 60.7 Å². The standard InChI is InChI=1S/C35H46N4O3/c1-5-6-7-8-23-9-11-24(12-10-23)25-13-15-26(16-14-25)33(40)38-31-18-17-27(28-19-29(36)22-30(37)20-28)21-32(31)39-34(41)42-35(2,3)4/h13-24H,5-12,36-37H2,1-4H3,(H,38,40)(H,39,41). The van der Waals surface area contributed by atoms with Gasteiger partial charge in [-0.05, 0) is 117 Å². The molecule has 224 valence electrons. The maximum Gasteiger partial charge on any atom is 0.412 e. The molecule has 1 aliphatic rings. The molecule has 2 amide bonds. The SMILES string of the molecule is CCCCCC1CCC(c2ccc(C(=O)Nc3ccc(-c4cc(N)cc(N)c4)cc3NC(=O)OC(C)(C)C)cc2)CC1. The van der Waals surface area contributed by atoms with Crippen LogP contribution in [0.5, 0.6) is 0 Å². The lowest BCUT2D eigenvalue weighted by molar-refractivity contribution is 0.0635. The van der Waals surface area contributed by atoms with Crippen LogP contribution in [0.25, 0.3) is 11.1 Å². The van der Waals surface area contributed by atoms with Crippen molar-refractivity contribution in [3.63, 3.8) is 0 Å². The van der Waals surface area contributed by atoms with Crippen molar-refractivity contribution in [2.45, 2.75) is 90.6 Å². The zero-order valence-corrected chi connectivity index (χ0v) is 25.5. The number of ether oxygens (including phenoxy) is 1.